The SMILES string of the molecule is CC(C)[C@@H](C(=O)O)N1C(=O)/C(=C\c2ccc3c(c2)OCO3)SC1=S. The molecule has 24 heavy (non-hydrogen) atoms. The maximum atomic E-state index is 12.6. The molecule has 0 bridgehead atoms. The Morgan fingerprint density at radius 2 is 2.08 bits per heavy atom. The summed E-state index contributed by atoms with van der Waals surface area (Å²) in [7, 11) is 0. The van der Waals surface area contributed by atoms with Gasteiger partial charge in [0.1, 0.15) is 10.4 Å². The van der Waals surface area contributed by atoms with Crippen molar-refractivity contribution in [2.45, 2.75) is 19.9 Å². The van der Waals surface area contributed by atoms with E-state index in [1.165, 1.54) is 4.90 Å². The van der Waals surface area contributed by atoms with Crippen LogP contribution in [0.2, 0.25) is 0 Å². The zero-order valence-electron chi connectivity index (χ0n) is 13.0. The molecule has 1 aromatic carbocycles. The van der Waals surface area contributed by atoms with E-state index in [2.05, 4.69) is 0 Å². The van der Waals surface area contributed by atoms with Crippen molar-refractivity contribution in [3.63, 3.8) is 0 Å². The molecule has 2 aliphatic heterocycles. The van der Waals surface area contributed by atoms with Crippen molar-refractivity contribution in [1.29, 1.82) is 0 Å². The van der Waals surface area contributed by atoms with Crippen LogP contribution >= 0.6 is 24.0 Å². The van der Waals surface area contributed by atoms with E-state index in [0.29, 0.717) is 16.4 Å². The van der Waals surface area contributed by atoms with E-state index in [4.69, 9.17) is 21.7 Å². The monoisotopic (exact) mass is 365 g/mol. The van der Waals surface area contributed by atoms with Crippen LogP contribution in [0.25, 0.3) is 6.08 Å². The number of carboxylic acids is 1. The maximum Gasteiger partial charge on any atom is 0.327 e. The van der Waals surface area contributed by atoms with Gasteiger partial charge in [-0.3, -0.25) is 9.69 Å². The van der Waals surface area contributed by atoms with E-state index in [1.54, 1.807) is 38.1 Å². The fraction of sp³-hybridized carbons (Fsp3) is 0.312. The quantitative estimate of drug-likeness (QED) is 0.649. The van der Waals surface area contributed by atoms with Crippen molar-refractivity contribution in [2.75, 3.05) is 6.79 Å². The number of amides is 1. The molecule has 2 heterocycles. The molecule has 1 aromatic rings. The minimum Gasteiger partial charge on any atom is -0.480 e. The molecule has 1 amide bonds. The van der Waals surface area contributed by atoms with Crippen molar-refractivity contribution in [2.24, 2.45) is 5.92 Å². The molecule has 8 heteroatoms. The molecule has 1 saturated heterocycles. The number of hydrogen-bond donors (Lipinski definition) is 1. The van der Waals surface area contributed by atoms with Crippen LogP contribution in [0.1, 0.15) is 19.4 Å². The van der Waals surface area contributed by atoms with Gasteiger partial charge < -0.3 is 14.6 Å². The molecular formula is C16H15NO5S2. The molecule has 1 fully saturated rings. The molecule has 1 atom stereocenters. The summed E-state index contributed by atoms with van der Waals surface area (Å²) in [5, 5.41) is 9.41. The second-order valence-corrected chi connectivity index (χ2v) is 7.37. The first-order valence-electron chi connectivity index (χ1n) is 7.28. The number of carbonyl (C=O) groups is 2. The summed E-state index contributed by atoms with van der Waals surface area (Å²) in [6, 6.07) is 4.37. The summed E-state index contributed by atoms with van der Waals surface area (Å²) in [6.45, 7) is 3.67. The highest BCUT2D eigenvalue weighted by atomic mass is 32.2. The van der Waals surface area contributed by atoms with Crippen molar-refractivity contribution in [3.8, 4) is 11.5 Å². The Morgan fingerprint density at radius 3 is 2.75 bits per heavy atom. The van der Waals surface area contributed by atoms with Gasteiger partial charge in [0.15, 0.2) is 11.5 Å². The first kappa shape index (κ1) is 16.8. The summed E-state index contributed by atoms with van der Waals surface area (Å²) in [4.78, 5) is 25.7. The van der Waals surface area contributed by atoms with E-state index < -0.39 is 12.0 Å². The van der Waals surface area contributed by atoms with Gasteiger partial charge in [-0.1, -0.05) is 43.9 Å². The molecule has 0 saturated carbocycles. The highest BCUT2D eigenvalue weighted by molar-refractivity contribution is 8.26. The fourth-order valence-corrected chi connectivity index (χ4v) is 3.90. The van der Waals surface area contributed by atoms with E-state index in [-0.39, 0.29) is 22.9 Å². The Bertz CT molecular complexity index is 759. The van der Waals surface area contributed by atoms with Crippen LogP contribution in [0.15, 0.2) is 23.1 Å². The largest absolute Gasteiger partial charge is 0.480 e. The van der Waals surface area contributed by atoms with Gasteiger partial charge in [-0.05, 0) is 29.7 Å². The Labute approximate surface area is 148 Å². The maximum absolute atomic E-state index is 12.6. The summed E-state index contributed by atoms with van der Waals surface area (Å²) in [5.41, 5.74) is 0.760. The van der Waals surface area contributed by atoms with Gasteiger partial charge >= 0.3 is 5.97 Å². The molecule has 0 aliphatic carbocycles. The van der Waals surface area contributed by atoms with E-state index >= 15 is 0 Å². The summed E-state index contributed by atoms with van der Waals surface area (Å²) in [6.07, 6.45) is 1.68. The average Bonchev–Trinajstić information content (AvgIpc) is 3.06. The lowest BCUT2D eigenvalue weighted by atomic mass is 10.0. The van der Waals surface area contributed by atoms with E-state index in [9.17, 15) is 14.7 Å². The Morgan fingerprint density at radius 1 is 1.38 bits per heavy atom. The first-order chi connectivity index (χ1) is 11.4. The average molecular weight is 365 g/mol. The number of rotatable bonds is 4. The topological polar surface area (TPSA) is 76.1 Å². The molecule has 0 radical (unpaired) electrons. The van der Waals surface area contributed by atoms with Gasteiger partial charge in [-0.25, -0.2) is 4.79 Å². The van der Waals surface area contributed by atoms with E-state index in [1.807, 2.05) is 0 Å². The van der Waals surface area contributed by atoms with E-state index in [0.717, 1.165) is 17.3 Å². The van der Waals surface area contributed by atoms with Crippen molar-refractivity contribution in [3.05, 3.63) is 28.7 Å². The number of benzene rings is 1. The third-order valence-corrected chi connectivity index (χ3v) is 5.01. The highest BCUT2D eigenvalue weighted by Crippen LogP contribution is 2.37. The molecule has 126 valence electrons. The van der Waals surface area contributed by atoms with Crippen molar-refractivity contribution >= 4 is 46.3 Å². The van der Waals surface area contributed by atoms with Crippen molar-refractivity contribution in [1.82, 2.24) is 4.90 Å². The normalized spacial score (nSPS) is 19.5. The minimum atomic E-state index is -1.06. The lowest BCUT2D eigenvalue weighted by Crippen LogP contribution is -2.47. The summed E-state index contributed by atoms with van der Waals surface area (Å²) >= 11 is 6.33. The smallest absolute Gasteiger partial charge is 0.327 e. The lowest BCUT2D eigenvalue weighted by molar-refractivity contribution is -0.146. The van der Waals surface area contributed by atoms with Crippen LogP contribution in [0, 0.1) is 5.92 Å². The Hall–Kier alpha value is -2.06. The molecule has 0 spiro atoms. The number of nitrogens with zero attached hydrogens (tertiary/aromatic N) is 1. The number of fused-ring (bicyclic) bond motifs is 1. The lowest BCUT2D eigenvalue weighted by Gasteiger charge is -2.26. The van der Waals surface area contributed by atoms with Gasteiger partial charge in [0.25, 0.3) is 5.91 Å². The van der Waals surface area contributed by atoms with Crippen LogP contribution in [-0.2, 0) is 9.59 Å². The predicted octanol–water partition coefficient (Wildman–Crippen LogP) is 2.73. The predicted molar refractivity (Wildman–Crippen MR) is 93.8 cm³/mol. The van der Waals surface area contributed by atoms with Crippen LogP contribution in [0.5, 0.6) is 11.5 Å². The molecule has 3 rings (SSSR count). The number of ether oxygens (including phenoxy) is 2. The molecular weight excluding hydrogens is 350 g/mol. The number of hydrogen-bond acceptors (Lipinski definition) is 6. The number of carboxylic acid groups (broad SMARTS) is 1. The molecule has 2 aliphatic rings. The first-order valence-corrected chi connectivity index (χ1v) is 8.50. The van der Waals surface area contributed by atoms with Crippen molar-refractivity contribution < 1.29 is 24.2 Å². The zero-order chi connectivity index (χ0) is 17.4. The van der Waals surface area contributed by atoms with Crippen LogP contribution in [-0.4, -0.2) is 39.0 Å². The molecule has 6 nitrogen and oxygen atoms in total. The Balaban J connectivity index is 1.89. The Kier molecular flexibility index (Phi) is 4.51. The molecule has 1 N–H and O–H groups in total. The second-order valence-electron chi connectivity index (χ2n) is 5.69. The standard InChI is InChI=1S/C16H15NO5S2/c1-8(2)13(15(19)20)17-14(18)12(24-16(17)23)6-9-3-4-10-11(5-9)22-7-21-10/h3-6,8,13H,7H2,1-2H3,(H,19,20)/b12-6+/t13-/m0/s1. The fourth-order valence-electron chi connectivity index (χ4n) is 2.57. The van der Waals surface area contributed by atoms with Gasteiger partial charge in [-0.2, -0.15) is 0 Å². The van der Waals surface area contributed by atoms with Crippen LogP contribution < -0.4 is 9.47 Å². The highest BCUT2D eigenvalue weighted by Gasteiger charge is 2.41. The van der Waals surface area contributed by atoms with Gasteiger partial charge in [0.05, 0.1) is 4.91 Å². The number of thiocarbonyl (C=S) groups is 1. The molecule has 0 unspecified atom stereocenters. The number of carbonyl (C=O) groups excluding carboxylic acids is 1. The molecule has 0 aromatic heterocycles. The van der Waals surface area contributed by atoms with Gasteiger partial charge in [-0.15, -0.1) is 0 Å². The van der Waals surface area contributed by atoms with Gasteiger partial charge in [0, 0.05) is 0 Å². The summed E-state index contributed by atoms with van der Waals surface area (Å²) in [5.74, 6) is -0.431. The third kappa shape index (κ3) is 2.99. The number of thioether (sulfide) groups is 1. The third-order valence-electron chi connectivity index (χ3n) is 3.68. The minimum absolute atomic E-state index is 0.176. The van der Waals surface area contributed by atoms with Crippen LogP contribution in [0.3, 0.4) is 0 Å². The number of aliphatic carboxylic acids is 1. The van der Waals surface area contributed by atoms with Crippen LogP contribution in [0.4, 0.5) is 0 Å². The van der Waals surface area contributed by atoms with Gasteiger partial charge in [0.2, 0.25) is 6.79 Å². The second kappa shape index (κ2) is 6.45. The zero-order valence-corrected chi connectivity index (χ0v) is 14.6. The summed E-state index contributed by atoms with van der Waals surface area (Å²) < 4.78 is 10.8.